The highest BCUT2D eigenvalue weighted by Gasteiger charge is 2.23. The summed E-state index contributed by atoms with van der Waals surface area (Å²) < 4.78 is 0. The van der Waals surface area contributed by atoms with Gasteiger partial charge in [-0.2, -0.15) is 0 Å². The van der Waals surface area contributed by atoms with Crippen molar-refractivity contribution in [2.75, 3.05) is 13.1 Å². The Kier molecular flexibility index (Phi) is 4.33. The number of nitrogens with zero attached hydrogens (tertiary/aromatic N) is 1. The van der Waals surface area contributed by atoms with Crippen molar-refractivity contribution >= 4 is 0 Å². The molecule has 0 amide bonds. The highest BCUT2D eigenvalue weighted by Crippen LogP contribution is 2.18. The number of hydrogen-bond acceptors (Lipinski definition) is 3. The lowest BCUT2D eigenvalue weighted by Crippen LogP contribution is -2.48. The predicted octanol–water partition coefficient (Wildman–Crippen LogP) is 1.95. The van der Waals surface area contributed by atoms with E-state index in [1.165, 1.54) is 0 Å². The summed E-state index contributed by atoms with van der Waals surface area (Å²) in [5, 5.41) is 9.42. The van der Waals surface area contributed by atoms with E-state index in [0.717, 1.165) is 18.7 Å². The molecule has 0 saturated carbocycles. The molecule has 0 bridgehead atoms. The first-order valence-corrected chi connectivity index (χ1v) is 5.72. The van der Waals surface area contributed by atoms with Crippen molar-refractivity contribution < 1.29 is 5.11 Å². The summed E-state index contributed by atoms with van der Waals surface area (Å²) >= 11 is 0. The van der Waals surface area contributed by atoms with Gasteiger partial charge in [0, 0.05) is 18.6 Å². The maximum atomic E-state index is 9.42. The number of hydrogen-bond donors (Lipinski definition) is 2. The van der Waals surface area contributed by atoms with Gasteiger partial charge in [0.15, 0.2) is 0 Å². The third kappa shape index (κ3) is 3.22. The number of phenols is 1. The van der Waals surface area contributed by atoms with Crippen molar-refractivity contribution in [3.63, 3.8) is 0 Å². The lowest BCUT2D eigenvalue weighted by molar-refractivity contribution is 0.126. The first kappa shape index (κ1) is 13.0. The molecule has 0 aliphatic heterocycles. The predicted molar refractivity (Wildman–Crippen MR) is 67.3 cm³/mol. The van der Waals surface area contributed by atoms with Gasteiger partial charge in [-0.15, -0.1) is 0 Å². The second-order valence-corrected chi connectivity index (χ2v) is 4.70. The average Bonchev–Trinajstić information content (AvgIpc) is 2.25. The maximum absolute atomic E-state index is 9.42. The Labute approximate surface area is 97.9 Å². The molecule has 16 heavy (non-hydrogen) atoms. The number of phenolic OH excluding ortho intramolecular Hbond substituents is 1. The fourth-order valence-electron chi connectivity index (χ4n) is 1.76. The van der Waals surface area contributed by atoms with Crippen molar-refractivity contribution in [2.45, 2.75) is 32.9 Å². The lowest BCUT2D eigenvalue weighted by atomic mass is 10.0. The summed E-state index contributed by atoms with van der Waals surface area (Å²) in [5.41, 5.74) is 6.88. The molecule has 0 radical (unpaired) electrons. The molecular weight excluding hydrogens is 200 g/mol. The smallest absolute Gasteiger partial charge is 0.115 e. The van der Waals surface area contributed by atoms with Crippen molar-refractivity contribution in [1.29, 1.82) is 0 Å². The second-order valence-electron chi connectivity index (χ2n) is 4.70. The van der Waals surface area contributed by atoms with E-state index in [4.69, 9.17) is 5.73 Å². The molecule has 0 spiro atoms. The Hall–Kier alpha value is -1.06. The van der Waals surface area contributed by atoms with E-state index in [2.05, 4.69) is 25.7 Å². The third-order valence-corrected chi connectivity index (χ3v) is 3.02. The van der Waals surface area contributed by atoms with Gasteiger partial charge in [0.2, 0.25) is 0 Å². The van der Waals surface area contributed by atoms with E-state index in [1.807, 2.05) is 12.1 Å². The minimum atomic E-state index is -0.0137. The molecule has 90 valence electrons. The minimum absolute atomic E-state index is 0.0137. The summed E-state index contributed by atoms with van der Waals surface area (Å²) in [6, 6.07) is 7.38. The van der Waals surface area contributed by atoms with E-state index in [1.54, 1.807) is 12.1 Å². The molecule has 3 heteroatoms. The fourth-order valence-corrected chi connectivity index (χ4v) is 1.76. The highest BCUT2D eigenvalue weighted by atomic mass is 16.3. The zero-order valence-corrected chi connectivity index (χ0v) is 10.4. The monoisotopic (exact) mass is 222 g/mol. The first-order valence-electron chi connectivity index (χ1n) is 5.72. The summed E-state index contributed by atoms with van der Waals surface area (Å²) in [7, 11) is 0. The van der Waals surface area contributed by atoms with Gasteiger partial charge >= 0.3 is 0 Å². The summed E-state index contributed by atoms with van der Waals surface area (Å²) in [5.74, 6) is 0.319. The second kappa shape index (κ2) is 5.32. The number of aromatic hydroxyl groups is 1. The molecule has 0 heterocycles. The zero-order valence-electron chi connectivity index (χ0n) is 10.4. The molecule has 0 aromatic heterocycles. The zero-order chi connectivity index (χ0) is 12.2. The summed E-state index contributed by atoms with van der Waals surface area (Å²) in [6.07, 6.45) is 0. The number of nitrogens with two attached hydrogens (primary N) is 1. The van der Waals surface area contributed by atoms with E-state index in [-0.39, 0.29) is 5.54 Å². The van der Waals surface area contributed by atoms with Gasteiger partial charge in [-0.25, -0.2) is 0 Å². The van der Waals surface area contributed by atoms with E-state index in [9.17, 15) is 5.11 Å². The molecule has 0 fully saturated rings. The van der Waals surface area contributed by atoms with Gasteiger partial charge in [0.25, 0.3) is 0 Å². The standard InChI is InChI=1S/C13H22N2O/c1-4-15(13(2,3)10-14)9-11-6-5-7-12(16)8-11/h5-8,16H,4,9-10,14H2,1-3H3. The van der Waals surface area contributed by atoms with Gasteiger partial charge in [-0.3, -0.25) is 4.90 Å². The van der Waals surface area contributed by atoms with E-state index < -0.39 is 0 Å². The van der Waals surface area contributed by atoms with Gasteiger partial charge in [0.1, 0.15) is 5.75 Å². The third-order valence-electron chi connectivity index (χ3n) is 3.02. The van der Waals surface area contributed by atoms with Crippen LogP contribution in [0.25, 0.3) is 0 Å². The number of likely N-dealkylation sites (N-methyl/N-ethyl adjacent to an activating group) is 1. The number of benzene rings is 1. The van der Waals surface area contributed by atoms with Crippen molar-refractivity contribution in [2.24, 2.45) is 5.73 Å². The largest absolute Gasteiger partial charge is 0.508 e. The van der Waals surface area contributed by atoms with Crippen molar-refractivity contribution in [3.8, 4) is 5.75 Å². The Balaban J connectivity index is 2.78. The van der Waals surface area contributed by atoms with E-state index in [0.29, 0.717) is 12.3 Å². The van der Waals surface area contributed by atoms with Crippen LogP contribution < -0.4 is 5.73 Å². The Morgan fingerprint density at radius 1 is 1.38 bits per heavy atom. The average molecular weight is 222 g/mol. The minimum Gasteiger partial charge on any atom is -0.508 e. The lowest BCUT2D eigenvalue weighted by Gasteiger charge is -2.37. The fraction of sp³-hybridized carbons (Fsp3) is 0.538. The van der Waals surface area contributed by atoms with Crippen LogP contribution in [-0.2, 0) is 6.54 Å². The van der Waals surface area contributed by atoms with Gasteiger partial charge in [-0.05, 0) is 38.1 Å². The Bertz CT molecular complexity index is 336. The van der Waals surface area contributed by atoms with Crippen LogP contribution in [0, 0.1) is 0 Å². The van der Waals surface area contributed by atoms with Crippen LogP contribution in [0.5, 0.6) is 5.75 Å². The van der Waals surface area contributed by atoms with Crippen LogP contribution in [0.4, 0.5) is 0 Å². The van der Waals surface area contributed by atoms with E-state index >= 15 is 0 Å². The quantitative estimate of drug-likeness (QED) is 0.800. The van der Waals surface area contributed by atoms with Gasteiger partial charge in [-0.1, -0.05) is 19.1 Å². The molecule has 0 aliphatic rings. The van der Waals surface area contributed by atoms with Crippen LogP contribution in [0.1, 0.15) is 26.3 Å². The van der Waals surface area contributed by atoms with Crippen LogP contribution in [-0.4, -0.2) is 28.6 Å². The first-order chi connectivity index (χ1) is 7.49. The molecule has 1 rings (SSSR count). The molecule has 1 aromatic rings. The van der Waals surface area contributed by atoms with Crippen LogP contribution in [0.3, 0.4) is 0 Å². The molecular formula is C13H22N2O. The van der Waals surface area contributed by atoms with Gasteiger partial charge < -0.3 is 10.8 Å². The Morgan fingerprint density at radius 3 is 2.56 bits per heavy atom. The topological polar surface area (TPSA) is 49.5 Å². The van der Waals surface area contributed by atoms with Crippen molar-refractivity contribution in [3.05, 3.63) is 29.8 Å². The molecule has 0 aliphatic carbocycles. The van der Waals surface area contributed by atoms with Crippen LogP contribution >= 0.6 is 0 Å². The molecule has 3 nitrogen and oxygen atoms in total. The number of rotatable bonds is 5. The normalized spacial score (nSPS) is 12.1. The summed E-state index contributed by atoms with van der Waals surface area (Å²) in [6.45, 7) is 8.79. The molecule has 0 unspecified atom stereocenters. The SMILES string of the molecule is CCN(Cc1cccc(O)c1)C(C)(C)CN. The Morgan fingerprint density at radius 2 is 2.06 bits per heavy atom. The van der Waals surface area contributed by atoms with Crippen LogP contribution in [0.15, 0.2) is 24.3 Å². The molecule has 3 N–H and O–H groups in total. The van der Waals surface area contributed by atoms with Crippen LogP contribution in [0.2, 0.25) is 0 Å². The molecule has 0 saturated heterocycles. The molecule has 1 aromatic carbocycles. The highest BCUT2D eigenvalue weighted by molar-refractivity contribution is 5.27. The summed E-state index contributed by atoms with van der Waals surface area (Å²) in [4.78, 5) is 2.31. The maximum Gasteiger partial charge on any atom is 0.115 e. The molecule has 0 atom stereocenters. The van der Waals surface area contributed by atoms with Crippen molar-refractivity contribution in [1.82, 2.24) is 4.90 Å². The van der Waals surface area contributed by atoms with Gasteiger partial charge in [0.05, 0.1) is 0 Å².